The normalized spacial score (nSPS) is 11.8. The lowest BCUT2D eigenvalue weighted by Gasteiger charge is -2.14. The lowest BCUT2D eigenvalue weighted by atomic mass is 10.3. The van der Waals surface area contributed by atoms with E-state index in [2.05, 4.69) is 15.5 Å². The Labute approximate surface area is 188 Å². The summed E-state index contributed by atoms with van der Waals surface area (Å²) in [5.74, 6) is 0.698. The minimum atomic E-state index is -0.449. The fraction of sp³-hybridized carbons (Fsp3) is 0.174. The third-order valence-electron chi connectivity index (χ3n) is 4.58. The van der Waals surface area contributed by atoms with Crippen molar-refractivity contribution in [2.24, 2.45) is 0 Å². The Morgan fingerprint density at radius 1 is 1.12 bits per heavy atom. The lowest BCUT2D eigenvalue weighted by molar-refractivity contribution is -0.120. The molecule has 0 aliphatic rings. The van der Waals surface area contributed by atoms with E-state index in [4.69, 9.17) is 9.15 Å². The minimum Gasteiger partial charge on any atom is -0.483 e. The number of furan rings is 1. The third kappa shape index (κ3) is 5.17. The molecule has 1 amide bonds. The summed E-state index contributed by atoms with van der Waals surface area (Å²) in [5, 5.41) is 11.4. The number of aromatic nitrogens is 3. The van der Waals surface area contributed by atoms with Gasteiger partial charge in [-0.1, -0.05) is 42.1 Å². The quantitative estimate of drug-likeness (QED) is 0.380. The van der Waals surface area contributed by atoms with E-state index >= 15 is 0 Å². The molecule has 0 spiro atoms. The molecule has 1 atom stereocenters. The van der Waals surface area contributed by atoms with Crippen molar-refractivity contribution in [3.05, 3.63) is 90.4 Å². The van der Waals surface area contributed by atoms with Crippen LogP contribution in [0.15, 0.2) is 82.6 Å². The van der Waals surface area contributed by atoms with Gasteiger partial charge < -0.3 is 14.5 Å². The number of rotatable bonds is 9. The zero-order valence-corrected chi connectivity index (χ0v) is 18.1. The van der Waals surface area contributed by atoms with Crippen molar-refractivity contribution in [3.8, 4) is 11.4 Å². The number of ether oxygens (including phenoxy) is 1. The number of nitrogens with one attached hydrogen (secondary N) is 1. The first kappa shape index (κ1) is 21.6. The smallest absolute Gasteiger partial charge is 0.233 e. The average Bonchev–Trinajstić information content (AvgIpc) is 3.47. The monoisotopic (exact) mass is 452 g/mol. The number of para-hydroxylation sites is 2. The summed E-state index contributed by atoms with van der Waals surface area (Å²) in [6.07, 6.45) is 1.56. The summed E-state index contributed by atoms with van der Waals surface area (Å²) in [6.45, 7) is 2.12. The Balaban J connectivity index is 1.51. The number of thioether (sulfide) groups is 1. The number of carbonyl (C=O) groups is 1. The van der Waals surface area contributed by atoms with Crippen molar-refractivity contribution in [2.75, 3.05) is 0 Å². The predicted octanol–water partition coefficient (Wildman–Crippen LogP) is 4.38. The van der Waals surface area contributed by atoms with E-state index < -0.39 is 11.1 Å². The Bertz CT molecular complexity index is 1170. The number of amides is 1. The van der Waals surface area contributed by atoms with E-state index in [-0.39, 0.29) is 18.3 Å². The predicted molar refractivity (Wildman–Crippen MR) is 118 cm³/mol. The SMILES string of the molecule is C[C@H](Sc1nnc(COc2ccccc2F)n1-c1ccccc1)C(=O)NCc1ccco1. The van der Waals surface area contributed by atoms with Crippen LogP contribution in [0.2, 0.25) is 0 Å². The van der Waals surface area contributed by atoms with Gasteiger partial charge in [-0.3, -0.25) is 9.36 Å². The van der Waals surface area contributed by atoms with Crippen LogP contribution >= 0.6 is 11.8 Å². The summed E-state index contributed by atoms with van der Waals surface area (Å²) in [6, 6.07) is 19.3. The van der Waals surface area contributed by atoms with E-state index in [1.807, 2.05) is 34.9 Å². The van der Waals surface area contributed by atoms with E-state index in [9.17, 15) is 9.18 Å². The second-order valence-electron chi connectivity index (χ2n) is 6.85. The summed E-state index contributed by atoms with van der Waals surface area (Å²) >= 11 is 1.27. The Morgan fingerprint density at radius 2 is 1.91 bits per heavy atom. The Morgan fingerprint density at radius 3 is 2.66 bits per heavy atom. The summed E-state index contributed by atoms with van der Waals surface area (Å²) in [5.41, 5.74) is 0.815. The molecule has 0 saturated heterocycles. The van der Waals surface area contributed by atoms with Crippen molar-refractivity contribution >= 4 is 17.7 Å². The Kier molecular flexibility index (Phi) is 6.86. The van der Waals surface area contributed by atoms with Crippen LogP contribution in [-0.4, -0.2) is 25.9 Å². The Hall–Kier alpha value is -3.59. The zero-order valence-electron chi connectivity index (χ0n) is 17.3. The molecule has 4 aromatic rings. The van der Waals surface area contributed by atoms with Crippen LogP contribution in [0.25, 0.3) is 5.69 Å². The maximum absolute atomic E-state index is 13.9. The second kappa shape index (κ2) is 10.1. The van der Waals surface area contributed by atoms with Crippen LogP contribution in [-0.2, 0) is 17.9 Å². The van der Waals surface area contributed by atoms with Crippen molar-refractivity contribution in [1.29, 1.82) is 0 Å². The van der Waals surface area contributed by atoms with Gasteiger partial charge >= 0.3 is 0 Å². The van der Waals surface area contributed by atoms with Crippen LogP contribution in [0, 0.1) is 5.82 Å². The molecule has 2 aromatic heterocycles. The molecule has 0 unspecified atom stereocenters. The number of benzene rings is 2. The first-order valence-corrected chi connectivity index (χ1v) is 10.8. The first-order chi connectivity index (χ1) is 15.6. The van der Waals surface area contributed by atoms with Gasteiger partial charge in [-0.2, -0.15) is 0 Å². The van der Waals surface area contributed by atoms with Gasteiger partial charge in [0.15, 0.2) is 22.5 Å². The standard InChI is InChI=1S/C23H21FN4O3S/c1-16(22(29)25-14-18-10-7-13-30-18)32-23-27-26-21(28(23)17-8-3-2-4-9-17)15-31-20-12-6-5-11-19(20)24/h2-13,16H,14-15H2,1H3,(H,25,29)/t16-/m0/s1. The van der Waals surface area contributed by atoms with Gasteiger partial charge in [0.2, 0.25) is 5.91 Å². The molecule has 0 bridgehead atoms. The van der Waals surface area contributed by atoms with E-state index in [0.29, 0.717) is 23.3 Å². The van der Waals surface area contributed by atoms with Crippen LogP contribution in [0.5, 0.6) is 5.75 Å². The van der Waals surface area contributed by atoms with Gasteiger partial charge in [-0.15, -0.1) is 10.2 Å². The highest BCUT2D eigenvalue weighted by molar-refractivity contribution is 8.00. The summed E-state index contributed by atoms with van der Waals surface area (Å²) < 4.78 is 26.6. The number of nitrogens with zero attached hydrogens (tertiary/aromatic N) is 3. The van der Waals surface area contributed by atoms with Gasteiger partial charge in [-0.05, 0) is 43.3 Å². The molecule has 0 aliphatic heterocycles. The van der Waals surface area contributed by atoms with Crippen molar-refractivity contribution < 1.29 is 18.3 Å². The maximum Gasteiger partial charge on any atom is 0.233 e. The average molecular weight is 453 g/mol. The fourth-order valence-corrected chi connectivity index (χ4v) is 3.86. The second-order valence-corrected chi connectivity index (χ2v) is 8.15. The molecule has 0 aliphatic carbocycles. The third-order valence-corrected chi connectivity index (χ3v) is 5.62. The van der Waals surface area contributed by atoms with E-state index in [1.54, 1.807) is 43.5 Å². The molecular formula is C23H21FN4O3S. The van der Waals surface area contributed by atoms with E-state index in [0.717, 1.165) is 5.69 Å². The topological polar surface area (TPSA) is 82.2 Å². The first-order valence-electron chi connectivity index (χ1n) is 9.95. The number of carbonyl (C=O) groups excluding carboxylic acids is 1. The highest BCUT2D eigenvalue weighted by atomic mass is 32.2. The van der Waals surface area contributed by atoms with Gasteiger partial charge in [0.05, 0.1) is 18.1 Å². The molecule has 2 aromatic carbocycles. The highest BCUT2D eigenvalue weighted by Gasteiger charge is 2.21. The number of hydrogen-bond donors (Lipinski definition) is 1. The lowest BCUT2D eigenvalue weighted by Crippen LogP contribution is -2.30. The van der Waals surface area contributed by atoms with Crippen LogP contribution in [0.3, 0.4) is 0 Å². The fourth-order valence-electron chi connectivity index (χ4n) is 2.95. The van der Waals surface area contributed by atoms with Gasteiger partial charge in [-0.25, -0.2) is 4.39 Å². The molecule has 0 fully saturated rings. The van der Waals surface area contributed by atoms with Crippen molar-refractivity contribution in [2.45, 2.75) is 30.5 Å². The highest BCUT2D eigenvalue weighted by Crippen LogP contribution is 2.27. The van der Waals surface area contributed by atoms with Gasteiger partial charge in [0, 0.05) is 5.69 Å². The molecule has 4 rings (SSSR count). The number of halogens is 1. The summed E-state index contributed by atoms with van der Waals surface area (Å²) in [4.78, 5) is 12.5. The van der Waals surface area contributed by atoms with Gasteiger partial charge in [0.25, 0.3) is 0 Å². The molecule has 32 heavy (non-hydrogen) atoms. The molecule has 7 nitrogen and oxygen atoms in total. The van der Waals surface area contributed by atoms with Crippen LogP contribution in [0.1, 0.15) is 18.5 Å². The van der Waals surface area contributed by atoms with Crippen LogP contribution < -0.4 is 10.1 Å². The van der Waals surface area contributed by atoms with E-state index in [1.165, 1.54) is 17.8 Å². The molecule has 0 saturated carbocycles. The van der Waals surface area contributed by atoms with Crippen molar-refractivity contribution in [3.63, 3.8) is 0 Å². The minimum absolute atomic E-state index is 0.0163. The summed E-state index contributed by atoms with van der Waals surface area (Å²) in [7, 11) is 0. The van der Waals surface area contributed by atoms with Gasteiger partial charge in [0.1, 0.15) is 12.4 Å². The molecule has 9 heteroatoms. The molecule has 2 heterocycles. The molecule has 164 valence electrons. The molecule has 1 N–H and O–H groups in total. The number of hydrogen-bond acceptors (Lipinski definition) is 6. The maximum atomic E-state index is 13.9. The molecular weight excluding hydrogens is 431 g/mol. The molecule has 0 radical (unpaired) electrons. The van der Waals surface area contributed by atoms with Crippen LogP contribution in [0.4, 0.5) is 4.39 Å². The zero-order chi connectivity index (χ0) is 22.3. The van der Waals surface area contributed by atoms with Crippen molar-refractivity contribution in [1.82, 2.24) is 20.1 Å². The largest absolute Gasteiger partial charge is 0.483 e.